The molecule has 0 aromatic heterocycles. The summed E-state index contributed by atoms with van der Waals surface area (Å²) < 4.78 is 16.1. The SMILES string of the molecule is CCCOc1ccc(/C=N/NC(=O)C(=O)Nc2ccc(C(=O)OCC)cc2)cc1OCC. The maximum absolute atomic E-state index is 12.0. The van der Waals surface area contributed by atoms with E-state index in [-0.39, 0.29) is 6.61 Å². The summed E-state index contributed by atoms with van der Waals surface area (Å²) in [6.45, 7) is 6.90. The Morgan fingerprint density at radius 2 is 1.66 bits per heavy atom. The Hall–Kier alpha value is -3.88. The minimum absolute atomic E-state index is 0.266. The van der Waals surface area contributed by atoms with E-state index >= 15 is 0 Å². The number of amides is 2. The van der Waals surface area contributed by atoms with Crippen LogP contribution in [0.2, 0.25) is 0 Å². The third kappa shape index (κ3) is 7.42. The highest BCUT2D eigenvalue weighted by Gasteiger charge is 2.14. The molecule has 0 unspecified atom stereocenters. The molecule has 2 aromatic rings. The molecule has 32 heavy (non-hydrogen) atoms. The largest absolute Gasteiger partial charge is 0.490 e. The monoisotopic (exact) mass is 441 g/mol. The fraction of sp³-hybridized carbons (Fsp3) is 0.304. The Bertz CT molecular complexity index is 957. The molecule has 0 atom stereocenters. The van der Waals surface area contributed by atoms with Gasteiger partial charge in [0.2, 0.25) is 0 Å². The lowest BCUT2D eigenvalue weighted by Gasteiger charge is -2.11. The number of anilines is 1. The van der Waals surface area contributed by atoms with E-state index in [2.05, 4.69) is 15.8 Å². The summed E-state index contributed by atoms with van der Waals surface area (Å²) >= 11 is 0. The molecule has 9 nitrogen and oxygen atoms in total. The highest BCUT2D eigenvalue weighted by atomic mass is 16.5. The molecule has 2 amide bonds. The van der Waals surface area contributed by atoms with Crippen molar-refractivity contribution >= 4 is 29.7 Å². The number of rotatable bonds is 10. The van der Waals surface area contributed by atoms with E-state index in [4.69, 9.17) is 14.2 Å². The Kier molecular flexibility index (Phi) is 9.70. The number of carbonyl (C=O) groups is 3. The molecule has 0 aliphatic carbocycles. The number of hydrogen-bond donors (Lipinski definition) is 2. The van der Waals surface area contributed by atoms with Gasteiger partial charge in [-0.2, -0.15) is 5.10 Å². The lowest BCUT2D eigenvalue weighted by atomic mass is 10.2. The van der Waals surface area contributed by atoms with Gasteiger partial charge in [0.15, 0.2) is 11.5 Å². The number of hydrazone groups is 1. The summed E-state index contributed by atoms with van der Waals surface area (Å²) in [4.78, 5) is 35.7. The van der Waals surface area contributed by atoms with Crippen molar-refractivity contribution in [1.82, 2.24) is 5.43 Å². The molecule has 170 valence electrons. The summed E-state index contributed by atoms with van der Waals surface area (Å²) in [5.74, 6) is -1.11. The van der Waals surface area contributed by atoms with Gasteiger partial charge in [-0.05, 0) is 68.3 Å². The molecule has 0 aliphatic heterocycles. The molecule has 0 bridgehead atoms. The average Bonchev–Trinajstić information content (AvgIpc) is 2.79. The molecule has 0 aliphatic rings. The molecule has 0 saturated carbocycles. The highest BCUT2D eigenvalue weighted by molar-refractivity contribution is 6.39. The van der Waals surface area contributed by atoms with Gasteiger partial charge in [-0.1, -0.05) is 6.92 Å². The number of nitrogens with one attached hydrogen (secondary N) is 2. The van der Waals surface area contributed by atoms with E-state index in [0.717, 1.165) is 6.42 Å². The van der Waals surface area contributed by atoms with Crippen LogP contribution in [0.15, 0.2) is 47.6 Å². The lowest BCUT2D eigenvalue weighted by Crippen LogP contribution is -2.32. The van der Waals surface area contributed by atoms with E-state index in [1.54, 1.807) is 25.1 Å². The van der Waals surface area contributed by atoms with Crippen molar-refractivity contribution in [2.45, 2.75) is 27.2 Å². The quantitative estimate of drug-likeness (QED) is 0.253. The first-order valence-corrected chi connectivity index (χ1v) is 10.3. The predicted molar refractivity (Wildman–Crippen MR) is 120 cm³/mol. The van der Waals surface area contributed by atoms with Crippen molar-refractivity contribution in [3.63, 3.8) is 0 Å². The van der Waals surface area contributed by atoms with Crippen LogP contribution in [0.25, 0.3) is 0 Å². The Balaban J connectivity index is 1.93. The van der Waals surface area contributed by atoms with Gasteiger partial charge in [0.05, 0.1) is 31.6 Å². The molecule has 9 heteroatoms. The maximum atomic E-state index is 12.0. The van der Waals surface area contributed by atoms with Crippen molar-refractivity contribution in [2.75, 3.05) is 25.1 Å². The summed E-state index contributed by atoms with van der Waals surface area (Å²) in [6.07, 6.45) is 2.27. The molecule has 2 rings (SSSR count). The fourth-order valence-electron chi connectivity index (χ4n) is 2.51. The Morgan fingerprint density at radius 1 is 0.906 bits per heavy atom. The van der Waals surface area contributed by atoms with Crippen LogP contribution >= 0.6 is 0 Å². The van der Waals surface area contributed by atoms with Crippen molar-refractivity contribution in [1.29, 1.82) is 0 Å². The standard InChI is InChI=1S/C23H27N3O6/c1-4-13-32-19-12-7-16(14-20(19)30-5-2)15-24-26-22(28)21(27)25-18-10-8-17(9-11-18)23(29)31-6-3/h7-12,14-15H,4-6,13H2,1-3H3,(H,25,27)(H,26,28)/b24-15+. The van der Waals surface area contributed by atoms with Gasteiger partial charge in [-0.25, -0.2) is 10.2 Å². The van der Waals surface area contributed by atoms with Crippen LogP contribution in [0, 0.1) is 0 Å². The number of nitrogens with zero attached hydrogens (tertiary/aromatic N) is 1. The van der Waals surface area contributed by atoms with Crippen LogP contribution in [0.4, 0.5) is 5.69 Å². The number of benzene rings is 2. The molecular weight excluding hydrogens is 414 g/mol. The van der Waals surface area contributed by atoms with Gasteiger partial charge >= 0.3 is 17.8 Å². The van der Waals surface area contributed by atoms with Crippen LogP contribution < -0.4 is 20.2 Å². The minimum Gasteiger partial charge on any atom is -0.490 e. The second-order valence-corrected chi connectivity index (χ2v) is 6.44. The second kappa shape index (κ2) is 12.7. The zero-order valence-corrected chi connectivity index (χ0v) is 18.3. The van der Waals surface area contributed by atoms with Crippen LogP contribution in [-0.4, -0.2) is 43.8 Å². The zero-order chi connectivity index (χ0) is 23.3. The zero-order valence-electron chi connectivity index (χ0n) is 18.3. The van der Waals surface area contributed by atoms with Gasteiger partial charge in [-0.15, -0.1) is 0 Å². The third-order valence-corrected chi connectivity index (χ3v) is 3.97. The summed E-state index contributed by atoms with van der Waals surface area (Å²) in [7, 11) is 0. The maximum Gasteiger partial charge on any atom is 0.338 e. The molecular formula is C23H27N3O6. The topological polar surface area (TPSA) is 115 Å². The van der Waals surface area contributed by atoms with Crippen molar-refractivity contribution < 1.29 is 28.6 Å². The summed E-state index contributed by atoms with van der Waals surface area (Å²) in [6, 6.07) is 11.2. The van der Waals surface area contributed by atoms with Crippen molar-refractivity contribution in [2.24, 2.45) is 5.10 Å². The van der Waals surface area contributed by atoms with Crippen LogP contribution in [-0.2, 0) is 14.3 Å². The summed E-state index contributed by atoms with van der Waals surface area (Å²) in [5.41, 5.74) is 3.53. The van der Waals surface area contributed by atoms with Crippen LogP contribution in [0.5, 0.6) is 11.5 Å². The van der Waals surface area contributed by atoms with Crippen LogP contribution in [0.3, 0.4) is 0 Å². The molecule has 0 saturated heterocycles. The van der Waals surface area contributed by atoms with Gasteiger partial charge < -0.3 is 19.5 Å². The number of hydrogen-bond acceptors (Lipinski definition) is 7. The second-order valence-electron chi connectivity index (χ2n) is 6.44. The predicted octanol–water partition coefficient (Wildman–Crippen LogP) is 3.14. The molecule has 0 spiro atoms. The Morgan fingerprint density at radius 3 is 2.31 bits per heavy atom. The van der Waals surface area contributed by atoms with E-state index < -0.39 is 17.8 Å². The lowest BCUT2D eigenvalue weighted by molar-refractivity contribution is -0.136. The minimum atomic E-state index is -0.941. The van der Waals surface area contributed by atoms with Crippen molar-refractivity contribution in [3.05, 3.63) is 53.6 Å². The average molecular weight is 441 g/mol. The van der Waals surface area contributed by atoms with Crippen molar-refractivity contribution in [3.8, 4) is 11.5 Å². The van der Waals surface area contributed by atoms with Gasteiger partial charge in [0.1, 0.15) is 0 Å². The number of esters is 1. The van der Waals surface area contributed by atoms with E-state index in [1.165, 1.54) is 30.5 Å². The first-order valence-electron chi connectivity index (χ1n) is 10.3. The van der Waals surface area contributed by atoms with E-state index in [1.807, 2.05) is 13.8 Å². The van der Waals surface area contributed by atoms with E-state index in [0.29, 0.717) is 41.5 Å². The third-order valence-electron chi connectivity index (χ3n) is 3.97. The van der Waals surface area contributed by atoms with Gasteiger partial charge in [0, 0.05) is 5.69 Å². The molecule has 2 aromatic carbocycles. The number of ether oxygens (including phenoxy) is 3. The van der Waals surface area contributed by atoms with Gasteiger partial charge in [-0.3, -0.25) is 9.59 Å². The molecule has 0 fully saturated rings. The van der Waals surface area contributed by atoms with E-state index in [9.17, 15) is 14.4 Å². The summed E-state index contributed by atoms with van der Waals surface area (Å²) in [5, 5.41) is 6.24. The molecule has 0 radical (unpaired) electrons. The fourth-order valence-corrected chi connectivity index (χ4v) is 2.51. The first-order chi connectivity index (χ1) is 15.5. The first kappa shape index (κ1) is 24.4. The van der Waals surface area contributed by atoms with Gasteiger partial charge in [0.25, 0.3) is 0 Å². The smallest absolute Gasteiger partial charge is 0.338 e. The molecule has 2 N–H and O–H groups in total. The van der Waals surface area contributed by atoms with Crippen LogP contribution in [0.1, 0.15) is 43.1 Å². The molecule has 0 heterocycles. The number of carbonyl (C=O) groups excluding carboxylic acids is 3. The normalized spacial score (nSPS) is 10.5. The highest BCUT2D eigenvalue weighted by Crippen LogP contribution is 2.28. The Labute approximate surface area is 186 Å².